The summed E-state index contributed by atoms with van der Waals surface area (Å²) in [6.07, 6.45) is 3.77. The normalized spacial score (nSPS) is 16.7. The highest BCUT2D eigenvalue weighted by atomic mass is 16.5. The average molecular weight is 794 g/mol. The van der Waals surface area contributed by atoms with Crippen molar-refractivity contribution >= 4 is 33.3 Å². The summed E-state index contributed by atoms with van der Waals surface area (Å²) < 4.78 is 9.51. The van der Waals surface area contributed by atoms with E-state index in [-0.39, 0.29) is 17.0 Å². The van der Waals surface area contributed by atoms with Crippen molar-refractivity contribution in [2.45, 2.75) is 107 Å². The van der Waals surface area contributed by atoms with Crippen LogP contribution in [-0.2, 0) is 5.41 Å². The van der Waals surface area contributed by atoms with Crippen LogP contribution >= 0.6 is 0 Å². The number of aromatic nitrogens is 3. The Morgan fingerprint density at radius 3 is 2.02 bits per heavy atom. The predicted octanol–water partition coefficient (Wildman–Crippen LogP) is 13.6. The van der Waals surface area contributed by atoms with E-state index in [4.69, 9.17) is 19.7 Å². The first kappa shape index (κ1) is 39.7. The number of hydrogen-bond acceptors (Lipinski definition) is 5. The van der Waals surface area contributed by atoms with Gasteiger partial charge in [-0.15, -0.1) is 0 Å². The zero-order valence-corrected chi connectivity index (χ0v) is 37.7. The number of benzene rings is 4. The third-order valence-corrected chi connectivity index (χ3v) is 13.5. The maximum atomic E-state index is 7.15. The van der Waals surface area contributed by atoms with Gasteiger partial charge in [0, 0.05) is 57.0 Å². The van der Waals surface area contributed by atoms with Crippen LogP contribution in [0.4, 0.5) is 5.69 Å². The molecule has 0 spiro atoms. The smallest absolute Gasteiger partial charge is 0.141 e. The fraction of sp³-hybridized carbons (Fsp3) is 0.352. The Bertz CT molecular complexity index is 2850. The van der Waals surface area contributed by atoms with Crippen LogP contribution in [-0.4, -0.2) is 32.0 Å². The van der Waals surface area contributed by atoms with E-state index in [0.29, 0.717) is 17.8 Å². The van der Waals surface area contributed by atoms with E-state index in [2.05, 4.69) is 172 Å². The molecule has 60 heavy (non-hydrogen) atoms. The maximum Gasteiger partial charge on any atom is 0.141 e. The van der Waals surface area contributed by atoms with Gasteiger partial charge in [0.05, 0.1) is 28.3 Å². The highest BCUT2D eigenvalue weighted by Gasteiger charge is 2.50. The summed E-state index contributed by atoms with van der Waals surface area (Å²) >= 11 is 0. The second kappa shape index (κ2) is 14.2. The molecule has 0 fully saturated rings. The molecule has 0 bridgehead atoms. The summed E-state index contributed by atoms with van der Waals surface area (Å²) in [5, 5.41) is 2.45. The molecular formula is C54H59N5O. The molecule has 7 aromatic rings. The number of aliphatic imine (C=N–C) groups is 1. The molecule has 4 aromatic carbocycles. The van der Waals surface area contributed by atoms with E-state index >= 15 is 0 Å². The lowest BCUT2D eigenvalue weighted by Gasteiger charge is -2.43. The third-order valence-electron chi connectivity index (χ3n) is 13.5. The number of nitrogens with zero attached hydrogens (tertiary/aromatic N) is 5. The molecule has 0 saturated carbocycles. The number of aryl methyl sites for hydroxylation is 5. The maximum absolute atomic E-state index is 7.15. The largest absolute Gasteiger partial charge is 0.457 e. The van der Waals surface area contributed by atoms with Crippen molar-refractivity contribution in [2.24, 2.45) is 22.7 Å². The molecule has 9 rings (SSSR count). The number of ether oxygens (including phenoxy) is 1. The van der Waals surface area contributed by atoms with Crippen LogP contribution in [0.5, 0.6) is 11.5 Å². The molecule has 0 N–H and O–H groups in total. The lowest BCUT2D eigenvalue weighted by Crippen LogP contribution is -2.53. The molecular weight excluding hydrogens is 735 g/mol. The molecule has 6 heteroatoms. The average Bonchev–Trinajstić information content (AvgIpc) is 3.63. The van der Waals surface area contributed by atoms with Crippen LogP contribution in [0.25, 0.3) is 38.9 Å². The van der Waals surface area contributed by atoms with Gasteiger partial charge in [0.25, 0.3) is 0 Å². The third kappa shape index (κ3) is 6.16. The SMILES string of the molecule is Cc1cc(C)c(N2C(c3cc(Oc4cc5c(cc4C)c4cc(C)cc6c4n5-c4ncccc4C6(C)C)cc(-c4ccccn4)c3)=N[C@H](C(C(C)C)C(C)C)C2(C)C)c(C)c1. The van der Waals surface area contributed by atoms with Crippen molar-refractivity contribution in [1.29, 1.82) is 0 Å². The first-order valence-electron chi connectivity index (χ1n) is 21.7. The Labute approximate surface area is 356 Å². The number of hydrogen-bond donors (Lipinski definition) is 0. The molecule has 0 saturated heterocycles. The number of rotatable bonds is 8. The molecule has 0 aliphatic carbocycles. The lowest BCUT2D eigenvalue weighted by atomic mass is 9.73. The van der Waals surface area contributed by atoms with Gasteiger partial charge in [-0.2, -0.15) is 0 Å². The van der Waals surface area contributed by atoms with Crippen molar-refractivity contribution in [3.8, 4) is 28.6 Å². The lowest BCUT2D eigenvalue weighted by molar-refractivity contribution is 0.196. The van der Waals surface area contributed by atoms with E-state index in [0.717, 1.165) is 51.1 Å². The molecule has 1 atom stereocenters. The molecule has 3 aromatic heterocycles. The highest BCUT2D eigenvalue weighted by molar-refractivity contribution is 6.14. The molecule has 306 valence electrons. The van der Waals surface area contributed by atoms with Gasteiger partial charge in [-0.05, 0) is 137 Å². The van der Waals surface area contributed by atoms with Crippen LogP contribution in [0, 0.1) is 52.4 Å². The van der Waals surface area contributed by atoms with Crippen LogP contribution in [0.2, 0.25) is 0 Å². The van der Waals surface area contributed by atoms with Gasteiger partial charge in [-0.25, -0.2) is 4.98 Å². The van der Waals surface area contributed by atoms with Crippen molar-refractivity contribution < 1.29 is 4.74 Å². The summed E-state index contributed by atoms with van der Waals surface area (Å²) in [6, 6.07) is 30.8. The summed E-state index contributed by atoms with van der Waals surface area (Å²) in [5.41, 5.74) is 14.6. The van der Waals surface area contributed by atoms with Gasteiger partial charge in [0.2, 0.25) is 0 Å². The quantitative estimate of drug-likeness (QED) is 0.154. The van der Waals surface area contributed by atoms with Crippen LogP contribution in [0.3, 0.4) is 0 Å². The second-order valence-corrected chi connectivity index (χ2v) is 19.4. The molecule has 5 heterocycles. The first-order chi connectivity index (χ1) is 28.5. The Balaban J connectivity index is 1.26. The molecule has 0 radical (unpaired) electrons. The molecule has 6 nitrogen and oxygen atoms in total. The van der Waals surface area contributed by atoms with E-state index in [1.54, 1.807) is 0 Å². The molecule has 2 aliphatic heterocycles. The fourth-order valence-electron chi connectivity index (χ4n) is 11.0. The van der Waals surface area contributed by atoms with Crippen molar-refractivity contribution in [1.82, 2.24) is 14.5 Å². The summed E-state index contributed by atoms with van der Waals surface area (Å²) in [5.74, 6) is 4.79. The van der Waals surface area contributed by atoms with Gasteiger partial charge in [-0.1, -0.05) is 83.0 Å². The first-order valence-corrected chi connectivity index (χ1v) is 21.7. The van der Waals surface area contributed by atoms with Crippen molar-refractivity contribution in [3.05, 3.63) is 142 Å². The highest BCUT2D eigenvalue weighted by Crippen LogP contribution is 2.49. The number of anilines is 1. The number of fused-ring (bicyclic) bond motifs is 5. The molecule has 0 unspecified atom stereocenters. The molecule has 2 aliphatic rings. The van der Waals surface area contributed by atoms with Crippen LogP contribution < -0.4 is 9.64 Å². The van der Waals surface area contributed by atoms with Crippen molar-refractivity contribution in [2.75, 3.05) is 4.90 Å². The predicted molar refractivity (Wildman–Crippen MR) is 251 cm³/mol. The minimum Gasteiger partial charge on any atom is -0.457 e. The Morgan fingerprint density at radius 2 is 1.33 bits per heavy atom. The number of amidine groups is 1. The van der Waals surface area contributed by atoms with Gasteiger partial charge < -0.3 is 9.64 Å². The van der Waals surface area contributed by atoms with E-state index in [1.165, 1.54) is 55.4 Å². The summed E-state index contributed by atoms with van der Waals surface area (Å²) in [4.78, 5) is 18.2. The van der Waals surface area contributed by atoms with Crippen LogP contribution in [0.1, 0.15) is 99.9 Å². The standard InChI is InChI=1S/C54H59N5O/c1-30(2)47(31(3)4)50-54(12,13)59(48-35(8)21-32(5)22-36(48)9)51(57-50)38-26-37(44-18-14-15-19-55-44)27-39(28-38)60-46-29-45-40(25-34(46)7)41-23-33(6)24-43-49(41)58(45)52-42(53(43,10)11)17-16-20-56-52/h14-31,47,50H,1-13H3/t50-/m1/s1. The van der Waals surface area contributed by atoms with Crippen LogP contribution in [0.15, 0.2) is 102 Å². The van der Waals surface area contributed by atoms with Crippen molar-refractivity contribution in [3.63, 3.8) is 0 Å². The topological polar surface area (TPSA) is 55.5 Å². The van der Waals surface area contributed by atoms with E-state index in [9.17, 15) is 0 Å². The minimum absolute atomic E-state index is 0.0654. The Morgan fingerprint density at radius 1 is 0.650 bits per heavy atom. The molecule has 0 amide bonds. The minimum atomic E-state index is -0.308. The van der Waals surface area contributed by atoms with Gasteiger partial charge in [0.15, 0.2) is 0 Å². The van der Waals surface area contributed by atoms with E-state index in [1.807, 2.05) is 24.5 Å². The van der Waals surface area contributed by atoms with Gasteiger partial charge in [0.1, 0.15) is 23.2 Å². The zero-order chi connectivity index (χ0) is 42.6. The monoisotopic (exact) mass is 793 g/mol. The van der Waals surface area contributed by atoms with Gasteiger partial charge >= 0.3 is 0 Å². The summed E-state index contributed by atoms with van der Waals surface area (Å²) in [6.45, 7) is 29.9. The van der Waals surface area contributed by atoms with E-state index < -0.39 is 0 Å². The Kier molecular flexibility index (Phi) is 9.38. The van der Waals surface area contributed by atoms with Gasteiger partial charge in [-0.3, -0.25) is 14.5 Å². The number of pyridine rings is 2. The fourth-order valence-corrected chi connectivity index (χ4v) is 11.0. The summed E-state index contributed by atoms with van der Waals surface area (Å²) in [7, 11) is 0. The zero-order valence-electron chi connectivity index (χ0n) is 37.7. The second-order valence-electron chi connectivity index (χ2n) is 19.4. The Hall–Kier alpha value is -5.75.